The van der Waals surface area contributed by atoms with Gasteiger partial charge in [-0.15, -0.1) is 0 Å². The van der Waals surface area contributed by atoms with Crippen LogP contribution in [0.1, 0.15) is 11.1 Å². The summed E-state index contributed by atoms with van der Waals surface area (Å²) in [6, 6.07) is 4.86. The molecule has 0 saturated carbocycles. The maximum atomic E-state index is 13.2. The molecule has 3 nitrogen and oxygen atoms in total. The molecular formula is C13H15ClFN3. The Labute approximate surface area is 111 Å². The minimum atomic E-state index is -0.372. The highest BCUT2D eigenvalue weighted by Crippen LogP contribution is 2.15. The third kappa shape index (κ3) is 3.55. The van der Waals surface area contributed by atoms with Crippen molar-refractivity contribution in [3.63, 3.8) is 0 Å². The van der Waals surface area contributed by atoms with E-state index in [-0.39, 0.29) is 10.8 Å². The van der Waals surface area contributed by atoms with Gasteiger partial charge >= 0.3 is 0 Å². The van der Waals surface area contributed by atoms with Crippen molar-refractivity contribution in [1.82, 2.24) is 15.1 Å². The molecule has 1 aromatic heterocycles. The van der Waals surface area contributed by atoms with Gasteiger partial charge in [0.15, 0.2) is 0 Å². The lowest BCUT2D eigenvalue weighted by atomic mass is 10.2. The second-order valence-electron chi connectivity index (χ2n) is 4.20. The zero-order valence-electron chi connectivity index (χ0n) is 10.2. The molecule has 0 unspecified atom stereocenters. The maximum absolute atomic E-state index is 13.2. The van der Waals surface area contributed by atoms with Gasteiger partial charge in [-0.1, -0.05) is 17.7 Å². The van der Waals surface area contributed by atoms with Crippen molar-refractivity contribution in [1.29, 1.82) is 0 Å². The Morgan fingerprint density at radius 3 is 2.89 bits per heavy atom. The predicted molar refractivity (Wildman–Crippen MR) is 70.0 cm³/mol. The number of aromatic nitrogens is 2. The summed E-state index contributed by atoms with van der Waals surface area (Å²) in [7, 11) is 1.90. The molecule has 0 amide bonds. The summed E-state index contributed by atoms with van der Waals surface area (Å²) in [5.74, 6) is -0.372. The number of hydrogen-bond acceptors (Lipinski definition) is 2. The van der Waals surface area contributed by atoms with Crippen LogP contribution in [0.5, 0.6) is 0 Å². The quantitative estimate of drug-likeness (QED) is 0.844. The summed E-state index contributed by atoms with van der Waals surface area (Å²) in [5, 5.41) is 7.52. The van der Waals surface area contributed by atoms with Gasteiger partial charge < -0.3 is 5.32 Å². The topological polar surface area (TPSA) is 29.9 Å². The Balaban J connectivity index is 1.76. The van der Waals surface area contributed by atoms with E-state index in [1.54, 1.807) is 10.7 Å². The van der Waals surface area contributed by atoms with E-state index in [1.165, 1.54) is 11.6 Å². The second-order valence-corrected chi connectivity index (χ2v) is 4.60. The van der Waals surface area contributed by atoms with E-state index in [0.717, 1.165) is 18.5 Å². The SMILES string of the molecule is Cn1cc(CCNCc2ccc(Cl)c(F)c2)cn1. The fourth-order valence-corrected chi connectivity index (χ4v) is 1.83. The Kier molecular flexibility index (Phi) is 4.33. The molecular weight excluding hydrogens is 253 g/mol. The number of hydrogen-bond donors (Lipinski definition) is 1. The number of halogens is 2. The van der Waals surface area contributed by atoms with Gasteiger partial charge in [-0.05, 0) is 36.2 Å². The van der Waals surface area contributed by atoms with Crippen LogP contribution in [-0.2, 0) is 20.0 Å². The Bertz CT molecular complexity index is 525. The molecule has 0 fully saturated rings. The molecule has 1 heterocycles. The highest BCUT2D eigenvalue weighted by Gasteiger charge is 2.01. The minimum Gasteiger partial charge on any atom is -0.312 e. The highest BCUT2D eigenvalue weighted by atomic mass is 35.5. The minimum absolute atomic E-state index is 0.161. The number of nitrogens with zero attached hydrogens (tertiary/aromatic N) is 2. The lowest BCUT2D eigenvalue weighted by Gasteiger charge is -2.04. The number of benzene rings is 1. The molecule has 0 aliphatic heterocycles. The summed E-state index contributed by atoms with van der Waals surface area (Å²) < 4.78 is 15.0. The van der Waals surface area contributed by atoms with Gasteiger partial charge in [0.2, 0.25) is 0 Å². The van der Waals surface area contributed by atoms with Gasteiger partial charge in [-0.25, -0.2) is 4.39 Å². The number of nitrogens with one attached hydrogen (secondary N) is 1. The Morgan fingerprint density at radius 1 is 1.39 bits per heavy atom. The largest absolute Gasteiger partial charge is 0.312 e. The molecule has 2 aromatic rings. The van der Waals surface area contributed by atoms with E-state index in [2.05, 4.69) is 10.4 Å². The van der Waals surface area contributed by atoms with Crippen molar-refractivity contribution < 1.29 is 4.39 Å². The molecule has 0 bridgehead atoms. The third-order valence-electron chi connectivity index (χ3n) is 2.66. The summed E-state index contributed by atoms with van der Waals surface area (Å²) in [6.45, 7) is 1.46. The van der Waals surface area contributed by atoms with Gasteiger partial charge in [0, 0.05) is 19.8 Å². The van der Waals surface area contributed by atoms with E-state index in [9.17, 15) is 4.39 Å². The van der Waals surface area contributed by atoms with E-state index < -0.39 is 0 Å². The standard InChI is InChI=1S/C13H15ClFN3/c1-18-9-11(8-17-18)4-5-16-7-10-2-3-12(14)13(15)6-10/h2-3,6,8-9,16H,4-5,7H2,1H3. The van der Waals surface area contributed by atoms with Crippen LogP contribution in [0.4, 0.5) is 4.39 Å². The molecule has 0 radical (unpaired) electrons. The first-order valence-corrected chi connectivity index (χ1v) is 6.15. The molecule has 5 heteroatoms. The molecule has 96 valence electrons. The molecule has 0 saturated heterocycles. The number of aryl methyl sites for hydroxylation is 1. The Hall–Kier alpha value is -1.39. The molecule has 18 heavy (non-hydrogen) atoms. The monoisotopic (exact) mass is 267 g/mol. The Morgan fingerprint density at radius 2 is 2.22 bits per heavy atom. The van der Waals surface area contributed by atoms with Crippen molar-refractivity contribution >= 4 is 11.6 Å². The molecule has 1 N–H and O–H groups in total. The van der Waals surface area contributed by atoms with E-state index in [1.807, 2.05) is 25.5 Å². The van der Waals surface area contributed by atoms with E-state index in [0.29, 0.717) is 6.54 Å². The summed E-state index contributed by atoms with van der Waals surface area (Å²) in [5.41, 5.74) is 2.08. The first-order valence-electron chi connectivity index (χ1n) is 5.77. The first-order chi connectivity index (χ1) is 8.65. The summed E-state index contributed by atoms with van der Waals surface area (Å²) in [4.78, 5) is 0. The molecule has 1 aromatic carbocycles. The van der Waals surface area contributed by atoms with Gasteiger partial charge in [0.25, 0.3) is 0 Å². The maximum Gasteiger partial charge on any atom is 0.142 e. The van der Waals surface area contributed by atoms with Gasteiger partial charge in [0.1, 0.15) is 5.82 Å². The zero-order valence-corrected chi connectivity index (χ0v) is 10.9. The van der Waals surface area contributed by atoms with Crippen molar-refractivity contribution in [3.8, 4) is 0 Å². The molecule has 2 rings (SSSR count). The molecule has 0 aliphatic carbocycles. The second kappa shape index (κ2) is 5.98. The van der Waals surface area contributed by atoms with Gasteiger partial charge in [-0.3, -0.25) is 4.68 Å². The van der Waals surface area contributed by atoms with Gasteiger partial charge in [-0.2, -0.15) is 5.10 Å². The van der Waals surface area contributed by atoms with Crippen molar-refractivity contribution in [3.05, 3.63) is 52.6 Å². The molecule has 0 spiro atoms. The van der Waals surface area contributed by atoms with Crippen LogP contribution in [-0.4, -0.2) is 16.3 Å². The number of rotatable bonds is 5. The first kappa shape index (κ1) is 13.1. The van der Waals surface area contributed by atoms with Crippen LogP contribution in [0, 0.1) is 5.82 Å². The van der Waals surface area contributed by atoms with Crippen LogP contribution in [0.15, 0.2) is 30.6 Å². The third-order valence-corrected chi connectivity index (χ3v) is 2.97. The fraction of sp³-hybridized carbons (Fsp3) is 0.308. The normalized spacial score (nSPS) is 10.8. The lowest BCUT2D eigenvalue weighted by molar-refractivity contribution is 0.620. The van der Waals surface area contributed by atoms with Gasteiger partial charge in [0.05, 0.1) is 11.2 Å². The van der Waals surface area contributed by atoms with E-state index >= 15 is 0 Å². The molecule has 0 atom stereocenters. The predicted octanol–water partition coefficient (Wildman–Crippen LogP) is 2.54. The highest BCUT2D eigenvalue weighted by molar-refractivity contribution is 6.30. The smallest absolute Gasteiger partial charge is 0.142 e. The van der Waals surface area contributed by atoms with Crippen molar-refractivity contribution in [2.45, 2.75) is 13.0 Å². The zero-order chi connectivity index (χ0) is 13.0. The van der Waals surface area contributed by atoms with Crippen molar-refractivity contribution in [2.24, 2.45) is 7.05 Å². The summed E-state index contributed by atoms with van der Waals surface area (Å²) >= 11 is 5.62. The fourth-order valence-electron chi connectivity index (χ4n) is 1.72. The van der Waals surface area contributed by atoms with Crippen molar-refractivity contribution in [2.75, 3.05) is 6.54 Å². The van der Waals surface area contributed by atoms with E-state index in [4.69, 9.17) is 11.6 Å². The van der Waals surface area contributed by atoms with Crippen LogP contribution in [0.3, 0.4) is 0 Å². The summed E-state index contributed by atoms with van der Waals surface area (Å²) in [6.07, 6.45) is 4.75. The average molecular weight is 268 g/mol. The molecule has 0 aliphatic rings. The van der Waals surface area contributed by atoms with Crippen LogP contribution in [0.25, 0.3) is 0 Å². The van der Waals surface area contributed by atoms with Crippen LogP contribution in [0.2, 0.25) is 5.02 Å². The lowest BCUT2D eigenvalue weighted by Crippen LogP contribution is -2.16. The van der Waals surface area contributed by atoms with Crippen LogP contribution >= 0.6 is 11.6 Å². The van der Waals surface area contributed by atoms with Crippen LogP contribution < -0.4 is 5.32 Å². The average Bonchev–Trinajstić information content (AvgIpc) is 2.75.